The maximum absolute atomic E-state index is 10.3. The zero-order valence-electron chi connectivity index (χ0n) is 23.9. The van der Waals surface area contributed by atoms with Crippen molar-refractivity contribution < 1.29 is 53.8 Å². The number of carbonyl (C=O) groups is 4. The lowest BCUT2D eigenvalue weighted by atomic mass is 10.4. The van der Waals surface area contributed by atoms with Crippen molar-refractivity contribution in [2.45, 2.75) is 88.2 Å². The number of aliphatic hydroxyl groups excluding tert-OH is 4. The summed E-state index contributed by atoms with van der Waals surface area (Å²) in [6.45, 7) is 17.3. The van der Waals surface area contributed by atoms with Crippen LogP contribution in [0.2, 0.25) is 0 Å². The number of rotatable bonds is 7. The summed E-state index contributed by atoms with van der Waals surface area (Å²) < 4.78 is 13.7. The molecule has 0 saturated carbocycles. The monoisotopic (exact) mass is 518 g/mol. The van der Waals surface area contributed by atoms with Gasteiger partial charge < -0.3 is 44.2 Å². The lowest BCUT2D eigenvalue weighted by molar-refractivity contribution is -0.155. The van der Waals surface area contributed by atoms with Crippen LogP contribution in [0.1, 0.15) is 82.1 Å². The van der Waals surface area contributed by atoms with Crippen LogP contribution in [-0.2, 0) is 33.4 Å². The highest BCUT2D eigenvalue weighted by Gasteiger charge is 2.06. The van der Waals surface area contributed by atoms with Crippen molar-refractivity contribution in [1.29, 1.82) is 0 Å². The minimum Gasteiger partial charge on any atom is -0.462 e. The van der Waals surface area contributed by atoms with Crippen molar-refractivity contribution in [1.82, 2.24) is 0 Å². The molecule has 0 aromatic carbocycles. The number of methoxy groups -OCH3 is 1. The number of aliphatic hydroxyl groups is 4. The van der Waals surface area contributed by atoms with Crippen molar-refractivity contribution in [3.63, 3.8) is 0 Å². The van der Waals surface area contributed by atoms with E-state index in [4.69, 9.17) is 20.4 Å². The molecule has 0 rings (SSSR count). The third-order valence-corrected chi connectivity index (χ3v) is 1.70. The van der Waals surface area contributed by atoms with Gasteiger partial charge in [0.1, 0.15) is 24.3 Å². The van der Waals surface area contributed by atoms with Gasteiger partial charge in [-0.25, -0.2) is 0 Å². The molecular formula is C24H54O11. The molecule has 0 spiro atoms. The van der Waals surface area contributed by atoms with E-state index < -0.39 is 0 Å². The highest BCUT2D eigenvalue weighted by Crippen LogP contribution is 1.92. The lowest BCUT2D eigenvalue weighted by Crippen LogP contribution is -2.19. The van der Waals surface area contributed by atoms with Crippen LogP contribution in [0.4, 0.5) is 0 Å². The largest absolute Gasteiger partial charge is 0.462 e. The third-order valence-electron chi connectivity index (χ3n) is 1.70. The number of esters is 2. The number of unbranched alkanes of at least 4 members (excludes halogenated alkanes) is 1. The predicted octanol–water partition coefficient (Wildman–Crippen LogP) is 2.09. The maximum Gasteiger partial charge on any atom is 0.303 e. The summed E-state index contributed by atoms with van der Waals surface area (Å²) in [5.74, 6) is -0.409. The molecule has 1 atom stereocenters. The molecule has 0 fully saturated rings. The van der Waals surface area contributed by atoms with Crippen LogP contribution < -0.4 is 0 Å². The predicted molar refractivity (Wildman–Crippen MR) is 137 cm³/mol. The van der Waals surface area contributed by atoms with E-state index in [0.717, 1.165) is 12.8 Å². The molecule has 11 heteroatoms. The molecule has 0 bridgehead atoms. The van der Waals surface area contributed by atoms with Crippen LogP contribution in [0.5, 0.6) is 0 Å². The number of hydrogen-bond acceptors (Lipinski definition) is 11. The number of ketones is 2. The third kappa shape index (κ3) is 236. The van der Waals surface area contributed by atoms with Crippen LogP contribution in [0.3, 0.4) is 0 Å². The van der Waals surface area contributed by atoms with Crippen LogP contribution in [-0.4, -0.2) is 96.8 Å². The molecule has 35 heavy (non-hydrogen) atoms. The molecule has 0 aromatic heterocycles. The van der Waals surface area contributed by atoms with E-state index in [2.05, 4.69) is 21.1 Å². The molecular weight excluding hydrogens is 464 g/mol. The van der Waals surface area contributed by atoms with Gasteiger partial charge >= 0.3 is 11.9 Å². The standard InChI is InChI=1S/C7H12O4.C4H10O.C3H8O2.2C3H6O.2C2H6O/c1-5(11-7(3)9)4-10-6(2)8;1-2-3-4-5;1-5-3-2-4;2*1-3(2)4;2*1-2-3/h5H,4H2,1-3H3;5H,2-4H2,1H3;4H,2-3H2,1H3;2*1-2H3;2*3H,2H2,1H3. The first-order chi connectivity index (χ1) is 16.1. The normalized spacial score (nSPS) is 8.66. The van der Waals surface area contributed by atoms with E-state index >= 15 is 0 Å². The molecule has 0 heterocycles. The van der Waals surface area contributed by atoms with E-state index in [1.54, 1.807) is 27.9 Å². The van der Waals surface area contributed by atoms with Gasteiger partial charge in [-0.2, -0.15) is 0 Å². The van der Waals surface area contributed by atoms with Crippen molar-refractivity contribution in [2.24, 2.45) is 0 Å². The van der Waals surface area contributed by atoms with Crippen LogP contribution in [0, 0.1) is 0 Å². The Labute approximate surface area is 212 Å². The first kappa shape index (κ1) is 50.1. The molecule has 1 unspecified atom stereocenters. The molecule has 0 aliphatic carbocycles. The van der Waals surface area contributed by atoms with Crippen molar-refractivity contribution in [3.05, 3.63) is 0 Å². The van der Waals surface area contributed by atoms with Gasteiger partial charge in [-0.1, -0.05) is 13.3 Å². The first-order valence-electron chi connectivity index (χ1n) is 11.3. The fourth-order valence-electron chi connectivity index (χ4n) is 0.801. The summed E-state index contributed by atoms with van der Waals surface area (Å²) in [6.07, 6.45) is 1.67. The van der Waals surface area contributed by atoms with E-state index in [1.165, 1.54) is 41.5 Å². The maximum atomic E-state index is 10.3. The number of hydrogen-bond donors (Lipinski definition) is 4. The van der Waals surface area contributed by atoms with Gasteiger partial charge in [-0.3, -0.25) is 9.59 Å². The second kappa shape index (κ2) is 53.4. The van der Waals surface area contributed by atoms with E-state index in [-0.39, 0.29) is 56.0 Å². The number of Topliss-reactive ketones (excluding diaryl/α,β-unsaturated/α-hetero) is 2. The van der Waals surface area contributed by atoms with Crippen LogP contribution >= 0.6 is 0 Å². The first-order valence-corrected chi connectivity index (χ1v) is 11.3. The molecule has 0 amide bonds. The molecule has 216 valence electrons. The van der Waals surface area contributed by atoms with E-state index in [1.807, 2.05) is 0 Å². The summed E-state index contributed by atoms with van der Waals surface area (Å²) in [7, 11) is 1.55. The molecule has 4 N–H and O–H groups in total. The molecule has 0 aromatic rings. The molecule has 0 aliphatic rings. The smallest absolute Gasteiger partial charge is 0.303 e. The van der Waals surface area contributed by atoms with Gasteiger partial charge in [-0.15, -0.1) is 0 Å². The Balaban J connectivity index is -0.0000000561. The van der Waals surface area contributed by atoms with Crippen LogP contribution in [0.25, 0.3) is 0 Å². The average molecular weight is 519 g/mol. The van der Waals surface area contributed by atoms with E-state index in [0.29, 0.717) is 13.2 Å². The Kier molecular flexibility index (Phi) is 76.4. The molecule has 0 aliphatic heterocycles. The van der Waals surface area contributed by atoms with Crippen molar-refractivity contribution in [2.75, 3.05) is 46.8 Å². The second-order valence-corrected chi connectivity index (χ2v) is 6.47. The van der Waals surface area contributed by atoms with Gasteiger partial charge in [0.05, 0.1) is 13.2 Å². The van der Waals surface area contributed by atoms with Crippen LogP contribution in [0.15, 0.2) is 0 Å². The van der Waals surface area contributed by atoms with Gasteiger partial charge in [0.25, 0.3) is 0 Å². The van der Waals surface area contributed by atoms with E-state index in [9.17, 15) is 19.2 Å². The number of ether oxygens (including phenoxy) is 3. The zero-order valence-corrected chi connectivity index (χ0v) is 23.9. The quantitative estimate of drug-likeness (QED) is 0.363. The van der Waals surface area contributed by atoms with Gasteiger partial charge in [0.15, 0.2) is 0 Å². The highest BCUT2D eigenvalue weighted by molar-refractivity contribution is 5.72. The Morgan fingerprint density at radius 1 is 0.714 bits per heavy atom. The summed E-state index contributed by atoms with van der Waals surface area (Å²) in [6, 6.07) is 0. The van der Waals surface area contributed by atoms with Gasteiger partial charge in [-0.05, 0) is 54.9 Å². The Morgan fingerprint density at radius 3 is 1.17 bits per heavy atom. The summed E-state index contributed by atoms with van der Waals surface area (Å²) in [5.41, 5.74) is 0. The number of carbonyl (C=O) groups excluding carboxylic acids is 4. The second-order valence-electron chi connectivity index (χ2n) is 6.47. The average Bonchev–Trinajstić information content (AvgIpc) is 2.68. The van der Waals surface area contributed by atoms with Gasteiger partial charge in [0.2, 0.25) is 0 Å². The Bertz CT molecular complexity index is 382. The fourth-order valence-corrected chi connectivity index (χ4v) is 0.801. The van der Waals surface area contributed by atoms with Crippen molar-refractivity contribution in [3.8, 4) is 0 Å². The summed E-state index contributed by atoms with van der Waals surface area (Å²) >= 11 is 0. The SMILES string of the molecule is CC(=O)OCC(C)OC(C)=O.CC(C)=O.CC(C)=O.CCCCO.CCO.CCO.COCCO. The topological polar surface area (TPSA) is 177 Å². The van der Waals surface area contributed by atoms with Crippen molar-refractivity contribution >= 4 is 23.5 Å². The fraction of sp³-hybridized carbons (Fsp3) is 0.833. The zero-order chi connectivity index (χ0) is 29.7. The summed E-state index contributed by atoms with van der Waals surface area (Å²) in [5, 5.41) is 31.1. The summed E-state index contributed by atoms with van der Waals surface area (Å²) in [4.78, 5) is 39.5. The molecule has 0 saturated heterocycles. The Morgan fingerprint density at radius 2 is 1.06 bits per heavy atom. The van der Waals surface area contributed by atoms with Gasteiger partial charge in [0, 0.05) is 40.8 Å². The minimum absolute atomic E-state index is 0.120. The Hall–Kier alpha value is -1.92. The molecule has 11 nitrogen and oxygen atoms in total. The highest BCUT2D eigenvalue weighted by atomic mass is 16.6. The lowest BCUT2D eigenvalue weighted by Gasteiger charge is -2.10. The minimum atomic E-state index is -0.371. The molecule has 0 radical (unpaired) electrons.